The zero-order valence-corrected chi connectivity index (χ0v) is 16.3. The molecule has 0 spiro atoms. The Morgan fingerprint density at radius 2 is 2.11 bits per heavy atom. The normalized spacial score (nSPS) is 17.7. The highest BCUT2D eigenvalue weighted by Crippen LogP contribution is 2.25. The Hall–Kier alpha value is -3.06. The molecule has 1 fully saturated rings. The number of rotatable bonds is 8. The molecule has 144 valence electrons. The Labute approximate surface area is 168 Å². The van der Waals surface area contributed by atoms with Crippen molar-refractivity contribution >= 4 is 29.1 Å². The predicted octanol–water partition coefficient (Wildman–Crippen LogP) is 3.42. The number of amidine groups is 1. The summed E-state index contributed by atoms with van der Waals surface area (Å²) in [6, 6.07) is 15.2. The molecule has 1 amide bonds. The van der Waals surface area contributed by atoms with Crippen LogP contribution in [-0.4, -0.2) is 36.3 Å². The van der Waals surface area contributed by atoms with E-state index in [-0.39, 0.29) is 11.2 Å². The van der Waals surface area contributed by atoms with Crippen molar-refractivity contribution in [2.75, 3.05) is 13.7 Å². The number of hydrogen-bond acceptors (Lipinski definition) is 6. The lowest BCUT2D eigenvalue weighted by atomic mass is 10.1. The molecule has 0 aliphatic carbocycles. The Morgan fingerprint density at radius 3 is 2.93 bits per heavy atom. The highest BCUT2D eigenvalue weighted by molar-refractivity contribution is 8.15. The number of carbonyl (C=O) groups is 1. The molecule has 0 unspecified atom stereocenters. The summed E-state index contributed by atoms with van der Waals surface area (Å²) < 4.78 is 10.8. The van der Waals surface area contributed by atoms with Crippen molar-refractivity contribution in [1.29, 1.82) is 0 Å². The van der Waals surface area contributed by atoms with Gasteiger partial charge < -0.3 is 14.8 Å². The molecule has 1 aliphatic rings. The largest absolute Gasteiger partial charge is 0.497 e. The molecule has 0 saturated carbocycles. The van der Waals surface area contributed by atoms with Crippen LogP contribution in [-0.2, 0) is 11.2 Å². The van der Waals surface area contributed by atoms with Gasteiger partial charge in [-0.1, -0.05) is 48.7 Å². The maximum Gasteiger partial charge on any atom is 0.239 e. The minimum atomic E-state index is -0.246. The maximum absolute atomic E-state index is 12.2. The van der Waals surface area contributed by atoms with E-state index in [1.54, 1.807) is 19.4 Å². The van der Waals surface area contributed by atoms with Crippen LogP contribution in [0.15, 0.2) is 71.4 Å². The molecule has 0 radical (unpaired) electrons. The maximum atomic E-state index is 12.2. The number of benzene rings is 2. The summed E-state index contributed by atoms with van der Waals surface area (Å²) in [5.74, 6) is 1.40. The number of methoxy groups -OCH3 is 1. The molecular formula is C21H21N3O3S. The SMILES string of the molecule is C=CCOc1ccccc1/C=N\N=C1/NC(=O)[C@H](Cc2cccc(OC)c2)S1. The van der Waals surface area contributed by atoms with Crippen molar-refractivity contribution in [2.45, 2.75) is 11.7 Å². The van der Waals surface area contributed by atoms with Gasteiger partial charge in [0.05, 0.1) is 18.6 Å². The molecule has 1 N–H and O–H groups in total. The fourth-order valence-electron chi connectivity index (χ4n) is 2.61. The van der Waals surface area contributed by atoms with Gasteiger partial charge in [0, 0.05) is 5.56 Å². The standard InChI is InChI=1S/C21H21N3O3S/c1-3-11-27-18-10-5-4-8-16(18)14-22-24-21-23-20(25)19(28-21)13-15-7-6-9-17(12-15)26-2/h3-10,12,14,19H,1,11,13H2,2H3,(H,23,24,25)/b22-14-/t19-/m0/s1. The van der Waals surface area contributed by atoms with Crippen molar-refractivity contribution in [3.63, 3.8) is 0 Å². The molecule has 0 aromatic heterocycles. The predicted molar refractivity (Wildman–Crippen MR) is 113 cm³/mol. The van der Waals surface area contributed by atoms with Gasteiger partial charge in [0.25, 0.3) is 0 Å². The van der Waals surface area contributed by atoms with E-state index in [0.29, 0.717) is 23.9 Å². The molecular weight excluding hydrogens is 374 g/mol. The van der Waals surface area contributed by atoms with Crippen molar-refractivity contribution in [1.82, 2.24) is 5.32 Å². The second-order valence-electron chi connectivity index (χ2n) is 5.94. The lowest BCUT2D eigenvalue weighted by molar-refractivity contribution is -0.118. The minimum absolute atomic E-state index is 0.0727. The molecule has 6 nitrogen and oxygen atoms in total. The number of carbonyl (C=O) groups excluding carboxylic acids is 1. The summed E-state index contributed by atoms with van der Waals surface area (Å²) in [6.45, 7) is 4.06. The van der Waals surface area contributed by atoms with Crippen LogP contribution in [0, 0.1) is 0 Å². The Bertz CT molecular complexity index is 911. The first-order chi connectivity index (χ1) is 13.7. The van der Waals surface area contributed by atoms with Gasteiger partial charge in [-0.3, -0.25) is 4.79 Å². The van der Waals surface area contributed by atoms with Gasteiger partial charge >= 0.3 is 0 Å². The van der Waals surface area contributed by atoms with Crippen LogP contribution in [0.1, 0.15) is 11.1 Å². The molecule has 0 bridgehead atoms. The van der Waals surface area contributed by atoms with E-state index in [1.807, 2.05) is 48.5 Å². The van der Waals surface area contributed by atoms with E-state index >= 15 is 0 Å². The van der Waals surface area contributed by atoms with Crippen LogP contribution in [0.25, 0.3) is 0 Å². The molecule has 28 heavy (non-hydrogen) atoms. The topological polar surface area (TPSA) is 72.3 Å². The molecule has 1 aliphatic heterocycles. The van der Waals surface area contributed by atoms with Gasteiger partial charge in [-0.2, -0.15) is 5.10 Å². The number of para-hydroxylation sites is 1. The summed E-state index contributed by atoms with van der Waals surface area (Å²) in [5, 5.41) is 11.2. The third kappa shape index (κ3) is 5.23. The van der Waals surface area contributed by atoms with Gasteiger partial charge in [0.2, 0.25) is 5.91 Å². The van der Waals surface area contributed by atoms with E-state index in [1.165, 1.54) is 11.8 Å². The fraction of sp³-hybridized carbons (Fsp3) is 0.190. The Morgan fingerprint density at radius 1 is 1.25 bits per heavy atom. The first kappa shape index (κ1) is 19.7. The molecule has 1 saturated heterocycles. The summed E-state index contributed by atoms with van der Waals surface area (Å²) >= 11 is 1.37. The van der Waals surface area contributed by atoms with Crippen LogP contribution in [0.4, 0.5) is 0 Å². The van der Waals surface area contributed by atoms with Crippen molar-refractivity contribution < 1.29 is 14.3 Å². The van der Waals surface area contributed by atoms with E-state index in [0.717, 1.165) is 16.9 Å². The van der Waals surface area contributed by atoms with Crippen LogP contribution in [0.3, 0.4) is 0 Å². The van der Waals surface area contributed by atoms with E-state index in [4.69, 9.17) is 9.47 Å². The zero-order chi connectivity index (χ0) is 19.8. The lowest BCUT2D eigenvalue weighted by Crippen LogP contribution is -2.25. The van der Waals surface area contributed by atoms with Crippen LogP contribution < -0.4 is 14.8 Å². The van der Waals surface area contributed by atoms with Crippen LogP contribution >= 0.6 is 11.8 Å². The molecule has 1 atom stereocenters. The monoisotopic (exact) mass is 395 g/mol. The number of thioether (sulfide) groups is 1. The Balaban J connectivity index is 1.64. The second kappa shape index (κ2) is 9.75. The van der Waals surface area contributed by atoms with E-state index in [2.05, 4.69) is 22.1 Å². The van der Waals surface area contributed by atoms with Gasteiger partial charge in [-0.25, -0.2) is 0 Å². The minimum Gasteiger partial charge on any atom is -0.497 e. The molecule has 2 aromatic rings. The average Bonchev–Trinajstić information content (AvgIpc) is 3.06. The summed E-state index contributed by atoms with van der Waals surface area (Å²) in [4.78, 5) is 12.2. The molecule has 1 heterocycles. The van der Waals surface area contributed by atoms with Gasteiger partial charge in [0.15, 0.2) is 5.17 Å². The quantitative estimate of drug-likeness (QED) is 0.422. The summed E-state index contributed by atoms with van der Waals surface area (Å²) in [5.41, 5.74) is 1.83. The average molecular weight is 395 g/mol. The third-order valence-corrected chi connectivity index (χ3v) is 5.03. The number of nitrogens with zero attached hydrogens (tertiary/aromatic N) is 2. The van der Waals surface area contributed by atoms with Crippen molar-refractivity contribution in [2.24, 2.45) is 10.2 Å². The summed E-state index contributed by atoms with van der Waals surface area (Å²) in [7, 11) is 1.62. The highest BCUT2D eigenvalue weighted by Gasteiger charge is 2.30. The number of ether oxygens (including phenoxy) is 2. The number of hydrogen-bond donors (Lipinski definition) is 1. The molecule has 2 aromatic carbocycles. The summed E-state index contributed by atoms with van der Waals surface area (Å²) in [6.07, 6.45) is 3.88. The zero-order valence-electron chi connectivity index (χ0n) is 15.5. The first-order valence-electron chi connectivity index (χ1n) is 8.74. The number of amides is 1. The van der Waals surface area contributed by atoms with Gasteiger partial charge in [0.1, 0.15) is 18.1 Å². The molecule has 7 heteroatoms. The third-order valence-electron chi connectivity index (χ3n) is 3.95. The van der Waals surface area contributed by atoms with E-state index in [9.17, 15) is 4.79 Å². The highest BCUT2D eigenvalue weighted by atomic mass is 32.2. The van der Waals surface area contributed by atoms with Gasteiger partial charge in [-0.15, -0.1) is 5.10 Å². The lowest BCUT2D eigenvalue weighted by Gasteiger charge is -2.07. The second-order valence-corrected chi connectivity index (χ2v) is 7.13. The van der Waals surface area contributed by atoms with Crippen LogP contribution in [0.5, 0.6) is 11.5 Å². The van der Waals surface area contributed by atoms with E-state index < -0.39 is 0 Å². The van der Waals surface area contributed by atoms with Crippen molar-refractivity contribution in [3.05, 3.63) is 72.3 Å². The van der Waals surface area contributed by atoms with Gasteiger partial charge in [-0.05, 0) is 36.2 Å². The Kier molecular flexibility index (Phi) is 6.86. The molecule has 3 rings (SSSR count). The van der Waals surface area contributed by atoms with Crippen LogP contribution in [0.2, 0.25) is 0 Å². The van der Waals surface area contributed by atoms with Crippen molar-refractivity contribution in [3.8, 4) is 11.5 Å². The number of nitrogens with one attached hydrogen (secondary N) is 1. The smallest absolute Gasteiger partial charge is 0.239 e. The first-order valence-corrected chi connectivity index (χ1v) is 9.61. The fourth-order valence-corrected chi connectivity index (χ4v) is 3.58.